The first-order chi connectivity index (χ1) is 9.19. The summed E-state index contributed by atoms with van der Waals surface area (Å²) in [6.07, 6.45) is 4.04. The molecule has 1 rings (SSSR count). The van der Waals surface area contributed by atoms with E-state index in [-0.39, 0.29) is 10.7 Å². The summed E-state index contributed by atoms with van der Waals surface area (Å²) in [5, 5.41) is 0.931. The highest BCUT2D eigenvalue weighted by Crippen LogP contribution is 2.26. The van der Waals surface area contributed by atoms with Crippen molar-refractivity contribution in [3.63, 3.8) is 0 Å². The van der Waals surface area contributed by atoms with Crippen molar-refractivity contribution in [2.24, 2.45) is 0 Å². The van der Waals surface area contributed by atoms with Crippen LogP contribution in [0.15, 0.2) is 36.3 Å². The van der Waals surface area contributed by atoms with E-state index in [4.69, 9.17) is 0 Å². The Balaban J connectivity index is 2.90. The first kappa shape index (κ1) is 16.6. The van der Waals surface area contributed by atoms with Gasteiger partial charge < -0.3 is 0 Å². The van der Waals surface area contributed by atoms with Gasteiger partial charge in [0.05, 0.1) is 10.9 Å². The Labute approximate surface area is 122 Å². The molecule has 0 aliphatic rings. The molecule has 1 aromatic heterocycles. The number of aromatic nitrogens is 1. The second-order valence-electron chi connectivity index (χ2n) is 5.75. The summed E-state index contributed by atoms with van der Waals surface area (Å²) >= 11 is 0. The van der Waals surface area contributed by atoms with Crippen LogP contribution in [0.5, 0.6) is 0 Å². The maximum atomic E-state index is 11.7. The van der Waals surface area contributed by atoms with E-state index in [1.807, 2.05) is 18.2 Å². The number of pyridine rings is 1. The molecular weight excluding hydrogens is 270 g/mol. The fraction of sp³-hybridized carbons (Fsp3) is 0.438. The van der Waals surface area contributed by atoms with Gasteiger partial charge in [0.2, 0.25) is 0 Å². The van der Waals surface area contributed by atoms with Crippen molar-refractivity contribution >= 4 is 15.9 Å². The maximum Gasteiger partial charge on any atom is 0.173 e. The number of hydrogen-bond acceptors (Lipinski definition) is 3. The second kappa shape index (κ2) is 6.35. The number of sulfone groups is 1. The molecule has 0 N–H and O–H groups in total. The van der Waals surface area contributed by atoms with Crippen molar-refractivity contribution in [3.8, 4) is 0 Å². The minimum Gasteiger partial charge on any atom is -0.253 e. The van der Waals surface area contributed by atoms with E-state index < -0.39 is 9.84 Å². The van der Waals surface area contributed by atoms with Gasteiger partial charge in [-0.1, -0.05) is 32.6 Å². The van der Waals surface area contributed by atoms with Gasteiger partial charge in [0, 0.05) is 16.5 Å². The summed E-state index contributed by atoms with van der Waals surface area (Å²) in [4.78, 5) is 4.51. The van der Waals surface area contributed by atoms with Crippen molar-refractivity contribution in [1.29, 1.82) is 0 Å². The number of nitrogens with zero attached hydrogens (tertiary/aromatic N) is 1. The van der Waals surface area contributed by atoms with Crippen LogP contribution in [0.25, 0.3) is 6.08 Å². The summed E-state index contributed by atoms with van der Waals surface area (Å²) in [7, 11) is -3.13. The van der Waals surface area contributed by atoms with Crippen LogP contribution < -0.4 is 0 Å². The summed E-state index contributed by atoms with van der Waals surface area (Å²) in [5.74, 6) is 0. The average molecular weight is 293 g/mol. The lowest BCUT2D eigenvalue weighted by atomic mass is 9.85. The zero-order chi connectivity index (χ0) is 15.4. The van der Waals surface area contributed by atoms with Crippen LogP contribution in [0.1, 0.15) is 45.5 Å². The molecule has 0 saturated heterocycles. The average Bonchev–Trinajstić information content (AvgIpc) is 2.38. The Kier molecular flexibility index (Phi) is 5.28. The van der Waals surface area contributed by atoms with Crippen LogP contribution in [-0.4, -0.2) is 18.7 Å². The first-order valence-electron chi connectivity index (χ1n) is 6.69. The topological polar surface area (TPSA) is 47.0 Å². The van der Waals surface area contributed by atoms with Crippen LogP contribution in [-0.2, 0) is 15.3 Å². The van der Waals surface area contributed by atoms with Gasteiger partial charge >= 0.3 is 0 Å². The highest BCUT2D eigenvalue weighted by molar-refractivity contribution is 7.94. The van der Waals surface area contributed by atoms with Crippen LogP contribution >= 0.6 is 0 Å². The Morgan fingerprint density at radius 1 is 1.35 bits per heavy atom. The number of rotatable bonds is 6. The van der Waals surface area contributed by atoms with E-state index in [2.05, 4.69) is 25.4 Å². The molecule has 0 aliphatic carbocycles. The van der Waals surface area contributed by atoms with E-state index in [0.717, 1.165) is 11.4 Å². The smallest absolute Gasteiger partial charge is 0.173 e. The minimum atomic E-state index is -3.13. The van der Waals surface area contributed by atoms with Gasteiger partial charge in [0.25, 0.3) is 0 Å². The van der Waals surface area contributed by atoms with Crippen molar-refractivity contribution in [2.45, 2.75) is 44.8 Å². The Bertz CT molecular complexity index is 599. The lowest BCUT2D eigenvalue weighted by Crippen LogP contribution is -2.18. The molecule has 0 bridgehead atoms. The first-order valence-corrected chi connectivity index (χ1v) is 8.30. The van der Waals surface area contributed by atoms with Crippen LogP contribution in [0.4, 0.5) is 0 Å². The third-order valence-electron chi connectivity index (χ3n) is 3.24. The summed E-state index contributed by atoms with van der Waals surface area (Å²) in [5.41, 5.74) is 1.54. The molecule has 0 atom stereocenters. The molecule has 1 aromatic rings. The molecule has 4 heteroatoms. The van der Waals surface area contributed by atoms with Gasteiger partial charge in [0.15, 0.2) is 9.84 Å². The Morgan fingerprint density at radius 2 is 2.00 bits per heavy atom. The summed E-state index contributed by atoms with van der Waals surface area (Å²) < 4.78 is 23.5. The van der Waals surface area contributed by atoms with Gasteiger partial charge in [-0.05, 0) is 38.5 Å². The molecule has 0 saturated carbocycles. The predicted molar refractivity (Wildman–Crippen MR) is 85.2 cm³/mol. The fourth-order valence-corrected chi connectivity index (χ4v) is 2.36. The molecule has 110 valence electrons. The number of hydrogen-bond donors (Lipinski definition) is 0. The van der Waals surface area contributed by atoms with Crippen molar-refractivity contribution < 1.29 is 8.42 Å². The van der Waals surface area contributed by atoms with Gasteiger partial charge in [0.1, 0.15) is 0 Å². The SMILES string of the molecule is C=Cc1cccc(C(C)(C)C/C=C\S(=O)(=O)C(C)C)n1. The molecule has 0 aliphatic heterocycles. The molecule has 3 nitrogen and oxygen atoms in total. The molecular formula is C16H23NO2S. The molecule has 0 radical (unpaired) electrons. The lowest BCUT2D eigenvalue weighted by Gasteiger charge is -2.22. The monoisotopic (exact) mass is 293 g/mol. The van der Waals surface area contributed by atoms with Crippen molar-refractivity contribution in [1.82, 2.24) is 4.98 Å². The van der Waals surface area contributed by atoms with Crippen molar-refractivity contribution in [3.05, 3.63) is 47.6 Å². The van der Waals surface area contributed by atoms with E-state index in [9.17, 15) is 8.42 Å². The molecule has 1 heterocycles. The zero-order valence-corrected chi connectivity index (χ0v) is 13.4. The van der Waals surface area contributed by atoms with Crippen LogP contribution in [0.3, 0.4) is 0 Å². The van der Waals surface area contributed by atoms with E-state index >= 15 is 0 Å². The van der Waals surface area contributed by atoms with E-state index in [1.165, 1.54) is 5.41 Å². The predicted octanol–water partition coefficient (Wildman–Crippen LogP) is 3.73. The van der Waals surface area contributed by atoms with Gasteiger partial charge in [-0.3, -0.25) is 4.98 Å². The quantitative estimate of drug-likeness (QED) is 0.803. The standard InChI is InChI=1S/C16H23NO2S/c1-6-14-9-7-10-15(17-14)16(4,5)11-8-12-20(18,19)13(2)3/h6-10,12-13H,1,11H2,2-5H3/b12-8-. The fourth-order valence-electron chi connectivity index (χ4n) is 1.68. The minimum absolute atomic E-state index is 0.220. The molecule has 0 spiro atoms. The largest absolute Gasteiger partial charge is 0.253 e. The van der Waals surface area contributed by atoms with Gasteiger partial charge in [-0.15, -0.1) is 0 Å². The maximum absolute atomic E-state index is 11.7. The normalized spacial score (nSPS) is 13.1. The lowest BCUT2D eigenvalue weighted by molar-refractivity contribution is 0.516. The summed E-state index contributed by atoms with van der Waals surface area (Å²) in [6.45, 7) is 11.2. The van der Waals surface area contributed by atoms with E-state index in [0.29, 0.717) is 6.42 Å². The highest BCUT2D eigenvalue weighted by atomic mass is 32.2. The van der Waals surface area contributed by atoms with Gasteiger partial charge in [-0.2, -0.15) is 0 Å². The second-order valence-corrected chi connectivity index (χ2v) is 8.14. The van der Waals surface area contributed by atoms with E-state index in [1.54, 1.807) is 26.0 Å². The zero-order valence-electron chi connectivity index (χ0n) is 12.6. The number of allylic oxidation sites excluding steroid dienone is 1. The molecule has 0 amide bonds. The molecule has 0 aromatic carbocycles. The molecule has 0 unspecified atom stereocenters. The molecule has 0 fully saturated rings. The van der Waals surface area contributed by atoms with Crippen LogP contribution in [0, 0.1) is 0 Å². The van der Waals surface area contributed by atoms with Crippen LogP contribution in [0.2, 0.25) is 0 Å². The highest BCUT2D eigenvalue weighted by Gasteiger charge is 2.21. The molecule has 20 heavy (non-hydrogen) atoms. The summed E-state index contributed by atoms with van der Waals surface area (Å²) in [6, 6.07) is 5.79. The third-order valence-corrected chi connectivity index (χ3v) is 5.13. The van der Waals surface area contributed by atoms with Crippen molar-refractivity contribution in [2.75, 3.05) is 0 Å². The Hall–Kier alpha value is -1.42. The third kappa shape index (κ3) is 4.30. The Morgan fingerprint density at radius 3 is 2.55 bits per heavy atom. The van der Waals surface area contributed by atoms with Gasteiger partial charge in [-0.25, -0.2) is 8.42 Å².